The first-order valence-electron chi connectivity index (χ1n) is 7.21. The van der Waals surface area contributed by atoms with Crippen molar-refractivity contribution in [2.45, 2.75) is 13.3 Å². The molecule has 110 valence electrons. The number of anilines is 2. The van der Waals surface area contributed by atoms with Crippen molar-refractivity contribution in [1.29, 1.82) is 0 Å². The van der Waals surface area contributed by atoms with Crippen LogP contribution in [-0.4, -0.2) is 19.8 Å². The summed E-state index contributed by atoms with van der Waals surface area (Å²) >= 11 is 0. The van der Waals surface area contributed by atoms with Crippen LogP contribution in [0.1, 0.15) is 11.1 Å². The van der Waals surface area contributed by atoms with Gasteiger partial charge in [-0.25, -0.2) is 0 Å². The van der Waals surface area contributed by atoms with E-state index in [-0.39, 0.29) is 0 Å². The van der Waals surface area contributed by atoms with Gasteiger partial charge in [-0.3, -0.25) is 0 Å². The largest absolute Gasteiger partial charge is 0.486 e. The fourth-order valence-corrected chi connectivity index (χ4v) is 2.41. The highest BCUT2D eigenvalue weighted by Crippen LogP contribution is 2.30. The Hall–Kier alpha value is -2.36. The highest BCUT2D eigenvalue weighted by atomic mass is 16.6. The summed E-state index contributed by atoms with van der Waals surface area (Å²) in [5.74, 6) is 1.68. The third-order valence-corrected chi connectivity index (χ3v) is 3.60. The average Bonchev–Trinajstić information content (AvgIpc) is 2.50. The van der Waals surface area contributed by atoms with Crippen LogP contribution < -0.4 is 20.5 Å². The zero-order valence-electron chi connectivity index (χ0n) is 12.2. The second-order valence-corrected chi connectivity index (χ2v) is 5.23. The molecule has 0 saturated heterocycles. The maximum absolute atomic E-state index is 5.82. The van der Waals surface area contributed by atoms with Crippen LogP contribution in [0.15, 0.2) is 36.4 Å². The van der Waals surface area contributed by atoms with Crippen molar-refractivity contribution in [2.75, 3.05) is 30.8 Å². The Morgan fingerprint density at radius 2 is 1.86 bits per heavy atom. The fourth-order valence-electron chi connectivity index (χ4n) is 2.41. The topological polar surface area (TPSA) is 56.5 Å². The number of hydrogen-bond donors (Lipinski definition) is 2. The molecule has 3 N–H and O–H groups in total. The van der Waals surface area contributed by atoms with E-state index >= 15 is 0 Å². The Bertz CT molecular complexity index is 641. The van der Waals surface area contributed by atoms with Crippen molar-refractivity contribution < 1.29 is 9.47 Å². The van der Waals surface area contributed by atoms with E-state index in [1.807, 2.05) is 24.3 Å². The molecule has 0 saturated carbocycles. The van der Waals surface area contributed by atoms with Crippen molar-refractivity contribution in [3.63, 3.8) is 0 Å². The summed E-state index contributed by atoms with van der Waals surface area (Å²) in [4.78, 5) is 0. The quantitative estimate of drug-likeness (QED) is 0.847. The molecule has 0 unspecified atom stereocenters. The van der Waals surface area contributed by atoms with E-state index in [0.29, 0.717) is 13.2 Å². The lowest BCUT2D eigenvalue weighted by atomic mass is 10.1. The molecule has 0 aliphatic carbocycles. The van der Waals surface area contributed by atoms with Gasteiger partial charge in [0.1, 0.15) is 13.2 Å². The number of nitrogens with two attached hydrogens (primary N) is 1. The third kappa shape index (κ3) is 3.21. The lowest BCUT2D eigenvalue weighted by Crippen LogP contribution is -2.15. The number of ether oxygens (including phenoxy) is 2. The van der Waals surface area contributed by atoms with Gasteiger partial charge in [0.15, 0.2) is 11.5 Å². The highest BCUT2D eigenvalue weighted by molar-refractivity contribution is 5.59. The minimum atomic E-state index is 0.622. The molecule has 2 aromatic carbocycles. The third-order valence-electron chi connectivity index (χ3n) is 3.60. The predicted octanol–water partition coefficient (Wildman–Crippen LogP) is 3.00. The number of benzene rings is 2. The number of hydrogen-bond acceptors (Lipinski definition) is 4. The molecule has 4 heteroatoms. The maximum atomic E-state index is 5.82. The molecular weight excluding hydrogens is 264 g/mol. The molecule has 0 atom stereocenters. The lowest BCUT2D eigenvalue weighted by molar-refractivity contribution is 0.171. The molecular formula is C17H20N2O2. The first-order valence-corrected chi connectivity index (χ1v) is 7.21. The average molecular weight is 284 g/mol. The zero-order chi connectivity index (χ0) is 14.7. The van der Waals surface area contributed by atoms with Crippen molar-refractivity contribution in [1.82, 2.24) is 0 Å². The van der Waals surface area contributed by atoms with E-state index in [1.54, 1.807) is 0 Å². The molecule has 0 bridgehead atoms. The second kappa shape index (κ2) is 5.95. The Kier molecular flexibility index (Phi) is 3.86. The van der Waals surface area contributed by atoms with Gasteiger partial charge in [-0.1, -0.05) is 12.1 Å². The van der Waals surface area contributed by atoms with Gasteiger partial charge in [-0.05, 0) is 48.7 Å². The molecule has 0 spiro atoms. The van der Waals surface area contributed by atoms with E-state index in [9.17, 15) is 0 Å². The molecule has 1 heterocycles. The van der Waals surface area contributed by atoms with Crippen molar-refractivity contribution in [2.24, 2.45) is 0 Å². The van der Waals surface area contributed by atoms with Crippen LogP contribution in [0.25, 0.3) is 0 Å². The van der Waals surface area contributed by atoms with Gasteiger partial charge in [0, 0.05) is 17.9 Å². The molecule has 0 fully saturated rings. The molecule has 2 aromatic rings. The number of fused-ring (bicyclic) bond motifs is 1. The van der Waals surface area contributed by atoms with E-state index in [0.717, 1.165) is 35.8 Å². The van der Waals surface area contributed by atoms with E-state index < -0.39 is 0 Å². The number of nitrogens with one attached hydrogen (secondary N) is 1. The highest BCUT2D eigenvalue weighted by Gasteiger charge is 2.11. The zero-order valence-corrected chi connectivity index (χ0v) is 12.2. The number of nitrogen functional groups attached to an aromatic ring is 1. The van der Waals surface area contributed by atoms with Crippen LogP contribution in [0.2, 0.25) is 0 Å². The van der Waals surface area contributed by atoms with Crippen LogP contribution in [0, 0.1) is 6.92 Å². The van der Waals surface area contributed by atoms with Gasteiger partial charge in [-0.2, -0.15) is 0 Å². The number of aryl methyl sites for hydroxylation is 1. The fraction of sp³-hybridized carbons (Fsp3) is 0.294. The van der Waals surface area contributed by atoms with Gasteiger partial charge in [0.25, 0.3) is 0 Å². The van der Waals surface area contributed by atoms with E-state index in [4.69, 9.17) is 15.2 Å². The van der Waals surface area contributed by atoms with Crippen LogP contribution in [0.4, 0.5) is 11.4 Å². The first kappa shape index (κ1) is 13.6. The summed E-state index contributed by atoms with van der Waals surface area (Å²) in [6, 6.07) is 12.0. The molecule has 3 rings (SSSR count). The Labute approximate surface area is 124 Å². The first-order chi connectivity index (χ1) is 10.2. The van der Waals surface area contributed by atoms with E-state index in [1.165, 1.54) is 11.1 Å². The smallest absolute Gasteiger partial charge is 0.161 e. The molecule has 0 aromatic heterocycles. The lowest BCUT2D eigenvalue weighted by Gasteiger charge is -2.19. The van der Waals surface area contributed by atoms with Gasteiger partial charge in [-0.15, -0.1) is 0 Å². The molecule has 0 amide bonds. The summed E-state index contributed by atoms with van der Waals surface area (Å²) in [6.07, 6.45) is 0.922. The summed E-state index contributed by atoms with van der Waals surface area (Å²) in [5, 5.41) is 3.43. The number of rotatable bonds is 4. The van der Waals surface area contributed by atoms with Crippen LogP contribution in [0.5, 0.6) is 11.5 Å². The second-order valence-electron chi connectivity index (χ2n) is 5.23. The molecule has 1 aliphatic rings. The van der Waals surface area contributed by atoms with Crippen LogP contribution in [0.3, 0.4) is 0 Å². The summed E-state index contributed by atoms with van der Waals surface area (Å²) in [6.45, 7) is 4.18. The van der Waals surface area contributed by atoms with Crippen molar-refractivity contribution in [3.05, 3.63) is 47.5 Å². The maximum Gasteiger partial charge on any atom is 0.161 e. The Morgan fingerprint density at radius 3 is 2.71 bits per heavy atom. The van der Waals surface area contributed by atoms with Gasteiger partial charge < -0.3 is 20.5 Å². The summed E-state index contributed by atoms with van der Waals surface area (Å²) in [7, 11) is 0. The van der Waals surface area contributed by atoms with Crippen molar-refractivity contribution in [3.8, 4) is 11.5 Å². The van der Waals surface area contributed by atoms with E-state index in [2.05, 4.69) is 24.4 Å². The molecule has 21 heavy (non-hydrogen) atoms. The SMILES string of the molecule is Cc1ccc(N)cc1NCCc1ccc2c(c1)OCCO2. The van der Waals surface area contributed by atoms with Crippen molar-refractivity contribution >= 4 is 11.4 Å². The molecule has 1 aliphatic heterocycles. The monoisotopic (exact) mass is 284 g/mol. The summed E-state index contributed by atoms with van der Waals surface area (Å²) < 4.78 is 11.1. The Balaban J connectivity index is 1.61. The van der Waals surface area contributed by atoms with Crippen LogP contribution in [-0.2, 0) is 6.42 Å². The van der Waals surface area contributed by atoms with Gasteiger partial charge in [0.2, 0.25) is 0 Å². The predicted molar refractivity (Wildman–Crippen MR) is 85.2 cm³/mol. The van der Waals surface area contributed by atoms with Gasteiger partial charge >= 0.3 is 0 Å². The summed E-state index contributed by atoms with van der Waals surface area (Å²) in [5.41, 5.74) is 10.1. The van der Waals surface area contributed by atoms with Gasteiger partial charge in [0.05, 0.1) is 0 Å². The molecule has 0 radical (unpaired) electrons. The van der Waals surface area contributed by atoms with Crippen LogP contribution >= 0.6 is 0 Å². The minimum absolute atomic E-state index is 0.622. The molecule has 4 nitrogen and oxygen atoms in total. The Morgan fingerprint density at radius 1 is 1.05 bits per heavy atom. The standard InChI is InChI=1S/C17H20N2O2/c1-12-2-4-14(18)11-15(12)19-7-6-13-3-5-16-17(10-13)21-9-8-20-16/h2-5,10-11,19H,6-9,18H2,1H3. The normalized spacial score (nSPS) is 13.0. The minimum Gasteiger partial charge on any atom is -0.486 e.